The van der Waals surface area contributed by atoms with E-state index in [1.807, 2.05) is 31.2 Å². The molecule has 0 saturated carbocycles. The van der Waals surface area contributed by atoms with Crippen molar-refractivity contribution in [2.45, 2.75) is 20.3 Å². The molecule has 1 heterocycles. The number of rotatable bonds is 3. The van der Waals surface area contributed by atoms with Gasteiger partial charge in [-0.25, -0.2) is 0 Å². The van der Waals surface area contributed by atoms with Crippen molar-refractivity contribution < 1.29 is 4.79 Å². The van der Waals surface area contributed by atoms with Gasteiger partial charge in [-0.2, -0.15) is 4.37 Å². The number of nitrogens with one attached hydrogen (secondary N) is 1. The lowest BCUT2D eigenvalue weighted by atomic mass is 10.1. The van der Waals surface area contributed by atoms with E-state index in [1.54, 1.807) is 6.07 Å². The van der Waals surface area contributed by atoms with Crippen LogP contribution in [0.5, 0.6) is 0 Å². The third-order valence-corrected chi connectivity index (χ3v) is 3.20. The lowest BCUT2D eigenvalue weighted by Gasteiger charge is -2.07. The largest absolute Gasteiger partial charge is 0.320 e. The number of para-hydroxylation sites is 1. The van der Waals surface area contributed by atoms with Gasteiger partial charge in [0.1, 0.15) is 5.69 Å². The first-order valence-electron chi connectivity index (χ1n) is 5.53. The first-order valence-corrected chi connectivity index (χ1v) is 6.30. The van der Waals surface area contributed by atoms with Gasteiger partial charge >= 0.3 is 0 Å². The van der Waals surface area contributed by atoms with E-state index < -0.39 is 0 Å². The fraction of sp³-hybridized carbons (Fsp3) is 0.231. The predicted molar refractivity (Wildman–Crippen MR) is 70.6 cm³/mol. The molecule has 0 bridgehead atoms. The van der Waals surface area contributed by atoms with Crippen LogP contribution in [-0.2, 0) is 6.42 Å². The summed E-state index contributed by atoms with van der Waals surface area (Å²) in [5, 5.41) is 2.90. The second-order valence-corrected chi connectivity index (χ2v) is 4.80. The molecule has 1 N–H and O–H groups in total. The minimum atomic E-state index is -0.143. The van der Waals surface area contributed by atoms with Crippen molar-refractivity contribution in [3.63, 3.8) is 0 Å². The summed E-state index contributed by atoms with van der Waals surface area (Å²) in [5.74, 6) is -0.143. The van der Waals surface area contributed by atoms with Crippen LogP contribution in [0.2, 0.25) is 0 Å². The van der Waals surface area contributed by atoms with Crippen LogP contribution >= 0.6 is 11.5 Å². The number of hydrogen-bond donors (Lipinski definition) is 1. The van der Waals surface area contributed by atoms with Crippen molar-refractivity contribution in [1.82, 2.24) is 4.37 Å². The SMILES string of the molecule is CCc1ccccc1NC(=O)c1cc(C)sn1. The maximum absolute atomic E-state index is 11.9. The second kappa shape index (κ2) is 5.10. The Balaban J connectivity index is 2.18. The molecule has 0 aliphatic carbocycles. The van der Waals surface area contributed by atoms with Gasteiger partial charge in [0.15, 0.2) is 0 Å². The van der Waals surface area contributed by atoms with Gasteiger partial charge in [-0.1, -0.05) is 25.1 Å². The van der Waals surface area contributed by atoms with Gasteiger partial charge in [-0.3, -0.25) is 4.79 Å². The zero-order valence-corrected chi connectivity index (χ0v) is 10.7. The Morgan fingerprint density at radius 2 is 2.18 bits per heavy atom. The first-order chi connectivity index (χ1) is 8.20. The Morgan fingerprint density at radius 1 is 1.41 bits per heavy atom. The van der Waals surface area contributed by atoms with Gasteiger partial charge < -0.3 is 5.32 Å². The molecule has 2 aromatic rings. The fourth-order valence-corrected chi connectivity index (χ4v) is 2.15. The van der Waals surface area contributed by atoms with Gasteiger partial charge in [-0.05, 0) is 42.6 Å². The van der Waals surface area contributed by atoms with E-state index >= 15 is 0 Å². The number of carbonyl (C=O) groups is 1. The number of benzene rings is 1. The molecule has 3 nitrogen and oxygen atoms in total. The Kier molecular flexibility index (Phi) is 3.54. The molecule has 4 heteroatoms. The molecule has 1 amide bonds. The molecule has 0 fully saturated rings. The van der Waals surface area contributed by atoms with Crippen molar-refractivity contribution in [2.75, 3.05) is 5.32 Å². The van der Waals surface area contributed by atoms with E-state index in [0.717, 1.165) is 22.5 Å². The predicted octanol–water partition coefficient (Wildman–Crippen LogP) is 3.27. The van der Waals surface area contributed by atoms with Crippen LogP contribution in [0.1, 0.15) is 27.9 Å². The normalized spacial score (nSPS) is 10.2. The Morgan fingerprint density at radius 3 is 2.82 bits per heavy atom. The molecule has 0 aliphatic heterocycles. The van der Waals surface area contributed by atoms with E-state index in [0.29, 0.717) is 5.69 Å². The molecule has 2 rings (SSSR count). The van der Waals surface area contributed by atoms with Gasteiger partial charge in [0.2, 0.25) is 0 Å². The number of aromatic nitrogens is 1. The zero-order chi connectivity index (χ0) is 12.3. The molecule has 1 aromatic heterocycles. The smallest absolute Gasteiger partial charge is 0.275 e. The lowest BCUT2D eigenvalue weighted by Crippen LogP contribution is -2.13. The molecule has 0 atom stereocenters. The fourth-order valence-electron chi connectivity index (χ4n) is 1.61. The van der Waals surface area contributed by atoms with Crippen molar-refractivity contribution >= 4 is 23.1 Å². The van der Waals surface area contributed by atoms with Crippen LogP contribution in [0.15, 0.2) is 30.3 Å². The third kappa shape index (κ3) is 2.71. The maximum Gasteiger partial charge on any atom is 0.275 e. The van der Waals surface area contributed by atoms with Gasteiger partial charge in [0.05, 0.1) is 0 Å². The van der Waals surface area contributed by atoms with Gasteiger partial charge in [0, 0.05) is 10.6 Å². The Labute approximate surface area is 105 Å². The Bertz CT molecular complexity index is 534. The standard InChI is InChI=1S/C13H14N2OS/c1-3-10-6-4-5-7-11(10)14-13(16)12-8-9(2)17-15-12/h4-8H,3H2,1-2H3,(H,14,16). The topological polar surface area (TPSA) is 42.0 Å². The maximum atomic E-state index is 11.9. The minimum absolute atomic E-state index is 0.143. The van der Waals surface area contributed by atoms with Crippen LogP contribution < -0.4 is 5.32 Å². The molecule has 17 heavy (non-hydrogen) atoms. The van der Waals surface area contributed by atoms with E-state index in [4.69, 9.17) is 0 Å². The van der Waals surface area contributed by atoms with E-state index in [-0.39, 0.29) is 5.91 Å². The summed E-state index contributed by atoms with van der Waals surface area (Å²) >= 11 is 1.34. The molecule has 0 radical (unpaired) electrons. The van der Waals surface area contributed by atoms with Crippen molar-refractivity contribution in [3.8, 4) is 0 Å². The van der Waals surface area contributed by atoms with E-state index in [9.17, 15) is 4.79 Å². The second-order valence-electron chi connectivity index (χ2n) is 3.79. The summed E-state index contributed by atoms with van der Waals surface area (Å²) in [6.45, 7) is 4.01. The van der Waals surface area contributed by atoms with Gasteiger partial charge in [0.25, 0.3) is 5.91 Å². The number of nitrogens with zero attached hydrogens (tertiary/aromatic N) is 1. The number of hydrogen-bond acceptors (Lipinski definition) is 3. The molecule has 1 aromatic carbocycles. The quantitative estimate of drug-likeness (QED) is 0.903. The zero-order valence-electron chi connectivity index (χ0n) is 9.86. The summed E-state index contributed by atoms with van der Waals surface area (Å²) in [6, 6.07) is 9.62. The molecular weight excluding hydrogens is 232 g/mol. The average molecular weight is 246 g/mol. The monoisotopic (exact) mass is 246 g/mol. The van der Waals surface area contributed by atoms with Crippen LogP contribution in [-0.4, -0.2) is 10.3 Å². The summed E-state index contributed by atoms with van der Waals surface area (Å²) < 4.78 is 4.10. The molecular formula is C13H14N2OS. The molecule has 0 aliphatic rings. The number of carbonyl (C=O) groups excluding carboxylic acids is 1. The number of anilines is 1. The molecule has 0 unspecified atom stereocenters. The molecule has 0 spiro atoms. The van der Waals surface area contributed by atoms with Crippen LogP contribution in [0.25, 0.3) is 0 Å². The van der Waals surface area contributed by atoms with Gasteiger partial charge in [-0.15, -0.1) is 0 Å². The highest BCUT2D eigenvalue weighted by Crippen LogP contribution is 2.17. The summed E-state index contributed by atoms with van der Waals surface area (Å²) in [7, 11) is 0. The van der Waals surface area contributed by atoms with E-state index in [2.05, 4.69) is 16.6 Å². The van der Waals surface area contributed by atoms with Crippen molar-refractivity contribution in [3.05, 3.63) is 46.5 Å². The average Bonchev–Trinajstić information content (AvgIpc) is 2.77. The summed E-state index contributed by atoms with van der Waals surface area (Å²) in [6.07, 6.45) is 0.895. The molecule has 88 valence electrons. The third-order valence-electron chi connectivity index (χ3n) is 2.51. The Hall–Kier alpha value is -1.68. The van der Waals surface area contributed by atoms with Crippen molar-refractivity contribution in [2.24, 2.45) is 0 Å². The van der Waals surface area contributed by atoms with E-state index in [1.165, 1.54) is 11.5 Å². The number of amides is 1. The van der Waals surface area contributed by atoms with Crippen LogP contribution in [0.3, 0.4) is 0 Å². The highest BCUT2D eigenvalue weighted by Gasteiger charge is 2.10. The van der Waals surface area contributed by atoms with Crippen molar-refractivity contribution in [1.29, 1.82) is 0 Å². The first kappa shape index (κ1) is 11.8. The lowest BCUT2D eigenvalue weighted by molar-refractivity contribution is 0.102. The highest BCUT2D eigenvalue weighted by atomic mass is 32.1. The highest BCUT2D eigenvalue weighted by molar-refractivity contribution is 7.05. The van der Waals surface area contributed by atoms with Crippen LogP contribution in [0.4, 0.5) is 5.69 Å². The van der Waals surface area contributed by atoms with Crippen LogP contribution in [0, 0.1) is 6.92 Å². The summed E-state index contributed by atoms with van der Waals surface area (Å²) in [4.78, 5) is 13.0. The minimum Gasteiger partial charge on any atom is -0.320 e. The molecule has 0 saturated heterocycles. The summed E-state index contributed by atoms with van der Waals surface area (Å²) in [5.41, 5.74) is 2.48. The number of aryl methyl sites for hydroxylation is 2.